The summed E-state index contributed by atoms with van der Waals surface area (Å²) in [5.41, 5.74) is -3.56. The predicted octanol–water partition coefficient (Wildman–Crippen LogP) is 7.36. The number of aromatic nitrogens is 1. The van der Waals surface area contributed by atoms with Crippen molar-refractivity contribution in [1.82, 2.24) is 10.3 Å². The van der Waals surface area contributed by atoms with Crippen LogP contribution in [0.4, 0.5) is 42.2 Å². The molecule has 1 aromatic heterocycles. The lowest BCUT2D eigenvalue weighted by Gasteiger charge is -2.40. The van der Waals surface area contributed by atoms with E-state index < -0.39 is 46.2 Å². The Bertz CT molecular complexity index is 1500. The predicted molar refractivity (Wildman–Crippen MR) is 152 cm³/mol. The molecule has 4 rings (SSSR count). The molecule has 1 aliphatic heterocycles. The number of halogens is 7. The van der Waals surface area contributed by atoms with Crippen molar-refractivity contribution < 1.29 is 35.5 Å². The number of carbonyl (C=O) groups is 1. The zero-order valence-corrected chi connectivity index (χ0v) is 24.6. The molecule has 5 nitrogen and oxygen atoms in total. The number of nitrogens with zero attached hydrogens (tertiary/aromatic N) is 3. The molecule has 0 bridgehead atoms. The van der Waals surface area contributed by atoms with Crippen LogP contribution < -0.4 is 15.1 Å². The van der Waals surface area contributed by atoms with Gasteiger partial charge in [0.25, 0.3) is 0 Å². The van der Waals surface area contributed by atoms with Crippen molar-refractivity contribution in [2.24, 2.45) is 0 Å². The summed E-state index contributed by atoms with van der Waals surface area (Å²) in [5.74, 6) is -0.625. The number of hydrogen-bond donors (Lipinski definition) is 1. The Morgan fingerprint density at radius 2 is 1.51 bits per heavy atom. The molecule has 2 heterocycles. The number of nitrogens with one attached hydrogen (secondary N) is 1. The number of rotatable bonds is 5. The summed E-state index contributed by atoms with van der Waals surface area (Å²) in [7, 11) is 1.38. The van der Waals surface area contributed by atoms with Crippen molar-refractivity contribution in [3.8, 4) is 11.1 Å². The van der Waals surface area contributed by atoms with E-state index in [-0.39, 0.29) is 17.3 Å². The Balaban J connectivity index is 1.82. The number of carbonyl (C=O) groups excluding carboxylic acids is 1. The van der Waals surface area contributed by atoms with Crippen LogP contribution in [-0.4, -0.2) is 43.1 Å². The van der Waals surface area contributed by atoms with E-state index in [0.29, 0.717) is 54.3 Å². The van der Waals surface area contributed by atoms with Crippen LogP contribution in [0.15, 0.2) is 48.7 Å². The van der Waals surface area contributed by atoms with Crippen LogP contribution in [0.3, 0.4) is 0 Å². The first-order valence-corrected chi connectivity index (χ1v) is 13.6. The Morgan fingerprint density at radius 3 is 2.05 bits per heavy atom. The van der Waals surface area contributed by atoms with Crippen molar-refractivity contribution in [1.29, 1.82) is 0 Å². The maximum absolute atomic E-state index is 14.0. The molecule has 0 atom stereocenters. The molecule has 232 valence electrons. The van der Waals surface area contributed by atoms with Crippen molar-refractivity contribution in [3.63, 3.8) is 0 Å². The third-order valence-electron chi connectivity index (χ3n) is 7.75. The van der Waals surface area contributed by atoms with Gasteiger partial charge in [-0.1, -0.05) is 6.07 Å². The maximum atomic E-state index is 14.0. The number of anilines is 2. The second-order valence-corrected chi connectivity index (χ2v) is 12.0. The van der Waals surface area contributed by atoms with Gasteiger partial charge in [-0.05, 0) is 87.7 Å². The van der Waals surface area contributed by atoms with Gasteiger partial charge in [-0.25, -0.2) is 9.37 Å². The molecule has 12 heteroatoms. The lowest BCUT2D eigenvalue weighted by Crippen LogP contribution is -2.57. The highest BCUT2D eigenvalue weighted by Crippen LogP contribution is 2.41. The Kier molecular flexibility index (Phi) is 8.33. The first kappa shape index (κ1) is 32.2. The molecule has 0 unspecified atom stereocenters. The number of hydrogen-bond acceptors (Lipinski definition) is 4. The van der Waals surface area contributed by atoms with Crippen LogP contribution >= 0.6 is 0 Å². The fourth-order valence-electron chi connectivity index (χ4n) is 5.33. The van der Waals surface area contributed by atoms with E-state index in [1.165, 1.54) is 44.1 Å². The Morgan fingerprint density at radius 1 is 0.930 bits per heavy atom. The van der Waals surface area contributed by atoms with Gasteiger partial charge in [-0.2, -0.15) is 26.3 Å². The van der Waals surface area contributed by atoms with E-state index in [9.17, 15) is 35.5 Å². The standard InChI is InChI=1S/C31H33F7N4O/c1-18-11-22(32)7-8-23(18)24-15-26(42-10-9-40-28(2,3)17-42)39-16-25(24)41(6)27(43)29(4,5)19-12-20(30(33,34)35)14-21(13-19)31(36,37)38/h7-8,11-16,40H,9-10,17H2,1-6H3. The number of amides is 1. The highest BCUT2D eigenvalue weighted by molar-refractivity contribution is 6.03. The van der Waals surface area contributed by atoms with Crippen LogP contribution in [0, 0.1) is 12.7 Å². The van der Waals surface area contributed by atoms with Gasteiger partial charge in [0.05, 0.1) is 28.4 Å². The third-order valence-corrected chi connectivity index (χ3v) is 7.75. The molecule has 1 saturated heterocycles. The highest BCUT2D eigenvalue weighted by Gasteiger charge is 2.41. The van der Waals surface area contributed by atoms with Gasteiger partial charge >= 0.3 is 12.4 Å². The number of aryl methyl sites for hydroxylation is 1. The zero-order chi connectivity index (χ0) is 32.1. The van der Waals surface area contributed by atoms with Crippen LogP contribution in [0.5, 0.6) is 0 Å². The van der Waals surface area contributed by atoms with Gasteiger partial charge in [0.15, 0.2) is 0 Å². The molecule has 0 radical (unpaired) electrons. The minimum Gasteiger partial charge on any atom is -0.353 e. The van der Waals surface area contributed by atoms with Gasteiger partial charge in [-0.15, -0.1) is 0 Å². The van der Waals surface area contributed by atoms with Crippen molar-refractivity contribution in [2.45, 2.75) is 57.9 Å². The molecule has 0 saturated carbocycles. The van der Waals surface area contributed by atoms with E-state index in [1.807, 2.05) is 13.8 Å². The number of benzene rings is 2. The first-order valence-electron chi connectivity index (χ1n) is 13.6. The van der Waals surface area contributed by atoms with E-state index in [0.717, 1.165) is 0 Å². The second-order valence-electron chi connectivity index (χ2n) is 12.0. The van der Waals surface area contributed by atoms with Gasteiger partial charge in [0.2, 0.25) is 5.91 Å². The number of likely N-dealkylation sites (N-methyl/N-ethyl adjacent to an activating group) is 1. The molecule has 1 fully saturated rings. The van der Waals surface area contributed by atoms with Gasteiger partial charge < -0.3 is 15.1 Å². The number of alkyl halides is 6. The molecule has 1 amide bonds. The van der Waals surface area contributed by atoms with Crippen molar-refractivity contribution >= 4 is 17.4 Å². The first-order chi connectivity index (χ1) is 19.7. The van der Waals surface area contributed by atoms with Gasteiger partial charge in [-0.3, -0.25) is 4.79 Å². The van der Waals surface area contributed by atoms with E-state index in [4.69, 9.17) is 0 Å². The normalized spacial score (nSPS) is 15.9. The average Bonchev–Trinajstić information content (AvgIpc) is 2.90. The van der Waals surface area contributed by atoms with E-state index >= 15 is 0 Å². The summed E-state index contributed by atoms with van der Waals surface area (Å²) in [4.78, 5) is 21.8. The Labute approximate surface area is 245 Å². The molecule has 1 N–H and O–H groups in total. The third kappa shape index (κ3) is 6.79. The second kappa shape index (κ2) is 11.1. The summed E-state index contributed by atoms with van der Waals surface area (Å²) in [5, 5.41) is 3.42. The van der Waals surface area contributed by atoms with Crippen LogP contribution in [-0.2, 0) is 22.6 Å². The minimum absolute atomic E-state index is 0.0310. The average molecular weight is 611 g/mol. The summed E-state index contributed by atoms with van der Waals surface area (Å²) >= 11 is 0. The van der Waals surface area contributed by atoms with Crippen LogP contribution in [0.25, 0.3) is 11.1 Å². The van der Waals surface area contributed by atoms with Crippen molar-refractivity contribution in [3.05, 3.63) is 76.7 Å². The molecular weight excluding hydrogens is 577 g/mol. The Hall–Kier alpha value is -3.67. The molecule has 2 aromatic carbocycles. The topological polar surface area (TPSA) is 48.5 Å². The highest BCUT2D eigenvalue weighted by atomic mass is 19.4. The largest absolute Gasteiger partial charge is 0.416 e. The fourth-order valence-corrected chi connectivity index (χ4v) is 5.33. The molecule has 43 heavy (non-hydrogen) atoms. The summed E-state index contributed by atoms with van der Waals surface area (Å²) in [6.07, 6.45) is -8.68. The molecule has 0 spiro atoms. The lowest BCUT2D eigenvalue weighted by molar-refractivity contribution is -0.143. The minimum atomic E-state index is -5.06. The lowest BCUT2D eigenvalue weighted by atomic mass is 9.81. The molecule has 0 aliphatic carbocycles. The monoisotopic (exact) mass is 610 g/mol. The molecule has 1 aliphatic rings. The van der Waals surface area contributed by atoms with E-state index in [2.05, 4.69) is 15.2 Å². The number of pyridine rings is 1. The van der Waals surface area contributed by atoms with Crippen LogP contribution in [0.2, 0.25) is 0 Å². The fraction of sp³-hybridized carbons (Fsp3) is 0.419. The molecule has 3 aromatic rings. The smallest absolute Gasteiger partial charge is 0.353 e. The van der Waals surface area contributed by atoms with Gasteiger partial charge in [0.1, 0.15) is 11.6 Å². The molecular formula is C31H33F7N4O. The summed E-state index contributed by atoms with van der Waals surface area (Å²) in [6, 6.07) is 7.09. The van der Waals surface area contributed by atoms with Gasteiger partial charge in [0, 0.05) is 37.8 Å². The maximum Gasteiger partial charge on any atom is 0.416 e. The summed E-state index contributed by atoms with van der Waals surface area (Å²) < 4.78 is 95.6. The quantitative estimate of drug-likeness (QED) is 0.307. The SMILES string of the molecule is Cc1cc(F)ccc1-c1cc(N2CCNC(C)(C)C2)ncc1N(C)C(=O)C(C)(C)c1cc(C(F)(F)F)cc(C(F)(F)F)c1. The van der Waals surface area contributed by atoms with Crippen molar-refractivity contribution in [2.75, 3.05) is 36.5 Å². The number of piperazine rings is 1. The zero-order valence-electron chi connectivity index (χ0n) is 24.6. The summed E-state index contributed by atoms with van der Waals surface area (Å²) in [6.45, 7) is 10.3. The van der Waals surface area contributed by atoms with Crippen LogP contribution in [0.1, 0.15) is 49.9 Å². The van der Waals surface area contributed by atoms with E-state index in [1.54, 1.807) is 19.1 Å².